The molecule has 0 fully saturated rings. The monoisotopic (exact) mass is 444 g/mol. The summed E-state index contributed by atoms with van der Waals surface area (Å²) in [5, 5.41) is 1.49. The molecule has 5 nitrogen and oxygen atoms in total. The van der Waals surface area contributed by atoms with Gasteiger partial charge in [0.25, 0.3) is 5.56 Å². The van der Waals surface area contributed by atoms with Crippen molar-refractivity contribution in [2.45, 2.75) is 57.9 Å². The van der Waals surface area contributed by atoms with Crippen LogP contribution in [-0.4, -0.2) is 28.0 Å². The summed E-state index contributed by atoms with van der Waals surface area (Å²) >= 11 is 3.25. The van der Waals surface area contributed by atoms with Gasteiger partial charge < -0.3 is 9.47 Å². The highest BCUT2D eigenvalue weighted by atomic mass is 32.2. The van der Waals surface area contributed by atoms with Crippen LogP contribution in [0.15, 0.2) is 34.2 Å². The molecule has 30 heavy (non-hydrogen) atoms. The molecule has 1 aliphatic heterocycles. The predicted molar refractivity (Wildman–Crippen MR) is 125 cm³/mol. The van der Waals surface area contributed by atoms with Gasteiger partial charge in [0.2, 0.25) is 0 Å². The van der Waals surface area contributed by atoms with Crippen LogP contribution in [0.2, 0.25) is 0 Å². The van der Waals surface area contributed by atoms with E-state index in [1.54, 1.807) is 34.8 Å². The molecule has 0 saturated heterocycles. The third-order valence-electron chi connectivity index (χ3n) is 5.33. The van der Waals surface area contributed by atoms with Crippen molar-refractivity contribution in [3.05, 3.63) is 45.1 Å². The third-order valence-corrected chi connectivity index (χ3v) is 7.40. The summed E-state index contributed by atoms with van der Waals surface area (Å²) in [6.45, 7) is 9.11. The molecule has 2 aromatic heterocycles. The lowest BCUT2D eigenvalue weighted by atomic mass is 9.94. The smallest absolute Gasteiger partial charge is 0.267 e. The first kappa shape index (κ1) is 21.4. The van der Waals surface area contributed by atoms with Crippen molar-refractivity contribution in [1.82, 2.24) is 9.55 Å². The fourth-order valence-corrected chi connectivity index (χ4v) is 6.01. The Morgan fingerprint density at radius 1 is 1.30 bits per heavy atom. The Bertz CT molecular complexity index is 1110. The quantitative estimate of drug-likeness (QED) is 0.374. The molecule has 0 bridgehead atoms. The topological polar surface area (TPSA) is 53.4 Å². The summed E-state index contributed by atoms with van der Waals surface area (Å²) in [5.41, 5.74) is 1.65. The van der Waals surface area contributed by atoms with Crippen LogP contribution in [-0.2, 0) is 17.8 Å². The number of thioether (sulfide) groups is 1. The summed E-state index contributed by atoms with van der Waals surface area (Å²) in [4.78, 5) is 20.7. The third kappa shape index (κ3) is 4.15. The Kier molecular flexibility index (Phi) is 5.97. The number of hydrogen-bond donors (Lipinski definition) is 0. The first-order valence-electron chi connectivity index (χ1n) is 10.3. The zero-order chi connectivity index (χ0) is 21.5. The summed E-state index contributed by atoms with van der Waals surface area (Å²) in [5.74, 6) is 2.30. The maximum Gasteiger partial charge on any atom is 0.267 e. The fourth-order valence-electron chi connectivity index (χ4n) is 3.62. The maximum atomic E-state index is 13.8. The molecule has 0 radical (unpaired) electrons. The van der Waals surface area contributed by atoms with E-state index < -0.39 is 0 Å². The first-order valence-corrected chi connectivity index (χ1v) is 12.1. The van der Waals surface area contributed by atoms with E-state index in [1.807, 2.05) is 24.3 Å². The van der Waals surface area contributed by atoms with E-state index >= 15 is 0 Å². The summed E-state index contributed by atoms with van der Waals surface area (Å²) in [6.07, 6.45) is 1.80. The summed E-state index contributed by atoms with van der Waals surface area (Å²) in [6, 6.07) is 7.61. The molecule has 4 rings (SSSR count). The molecular weight excluding hydrogens is 416 g/mol. The van der Waals surface area contributed by atoms with Gasteiger partial charge in [0.05, 0.1) is 30.4 Å². The standard InChI is InChI=1S/C23H28N2O3S2/c1-14(2)10-11-29-22-24-20-19(17-12-23(3,4)28-13-18(17)30-20)21(26)25(22)15-6-8-16(27-5)9-7-15/h6-9,14H,10-13H2,1-5H3. The first-order chi connectivity index (χ1) is 14.3. The van der Waals surface area contributed by atoms with Crippen molar-refractivity contribution in [2.24, 2.45) is 5.92 Å². The number of nitrogens with zero attached hydrogens (tertiary/aromatic N) is 2. The van der Waals surface area contributed by atoms with Crippen molar-refractivity contribution in [3.63, 3.8) is 0 Å². The van der Waals surface area contributed by atoms with Crippen LogP contribution < -0.4 is 10.3 Å². The van der Waals surface area contributed by atoms with Gasteiger partial charge in [-0.15, -0.1) is 11.3 Å². The summed E-state index contributed by atoms with van der Waals surface area (Å²) in [7, 11) is 1.64. The summed E-state index contributed by atoms with van der Waals surface area (Å²) < 4.78 is 13.0. The van der Waals surface area contributed by atoms with Crippen LogP contribution in [0.1, 0.15) is 44.6 Å². The van der Waals surface area contributed by atoms with Gasteiger partial charge in [-0.2, -0.15) is 0 Å². The minimum Gasteiger partial charge on any atom is -0.497 e. The van der Waals surface area contributed by atoms with Gasteiger partial charge in [-0.1, -0.05) is 25.6 Å². The molecule has 160 valence electrons. The Hall–Kier alpha value is -1.83. The fraction of sp³-hybridized carbons (Fsp3) is 0.478. The van der Waals surface area contributed by atoms with E-state index in [-0.39, 0.29) is 11.2 Å². The average molecular weight is 445 g/mol. The van der Waals surface area contributed by atoms with E-state index in [9.17, 15) is 4.79 Å². The number of rotatable bonds is 6. The average Bonchev–Trinajstić information content (AvgIpc) is 3.04. The second-order valence-corrected chi connectivity index (χ2v) is 10.8. The predicted octanol–water partition coefficient (Wildman–Crippen LogP) is 5.45. The highest BCUT2D eigenvalue weighted by Crippen LogP contribution is 2.38. The van der Waals surface area contributed by atoms with Gasteiger partial charge in [0.1, 0.15) is 10.6 Å². The van der Waals surface area contributed by atoms with E-state index in [0.717, 1.165) is 55.8 Å². The van der Waals surface area contributed by atoms with Crippen molar-refractivity contribution < 1.29 is 9.47 Å². The number of hydrogen-bond acceptors (Lipinski definition) is 6. The van der Waals surface area contributed by atoms with E-state index in [0.29, 0.717) is 12.5 Å². The molecule has 0 saturated carbocycles. The SMILES string of the molecule is COc1ccc(-n2c(SCCC(C)C)nc3sc4c(c3c2=O)CC(C)(C)OC4)cc1. The molecule has 0 amide bonds. The number of fused-ring (bicyclic) bond motifs is 3. The zero-order valence-corrected chi connectivity index (χ0v) is 19.8. The van der Waals surface area contributed by atoms with Gasteiger partial charge in [0.15, 0.2) is 5.16 Å². The molecule has 3 aromatic rings. The van der Waals surface area contributed by atoms with E-state index in [1.165, 1.54) is 0 Å². The molecule has 0 aliphatic carbocycles. The van der Waals surface area contributed by atoms with Gasteiger partial charge in [-0.05, 0) is 56.0 Å². The van der Waals surface area contributed by atoms with Crippen molar-refractivity contribution >= 4 is 33.3 Å². The zero-order valence-electron chi connectivity index (χ0n) is 18.2. The van der Waals surface area contributed by atoms with Crippen LogP contribution in [0.4, 0.5) is 0 Å². The number of benzene rings is 1. The van der Waals surface area contributed by atoms with Crippen molar-refractivity contribution in [3.8, 4) is 11.4 Å². The lowest BCUT2D eigenvalue weighted by Crippen LogP contribution is -2.32. The Labute approximate surface area is 185 Å². The molecule has 3 heterocycles. The normalized spacial score (nSPS) is 15.5. The lowest BCUT2D eigenvalue weighted by Gasteiger charge is -2.29. The van der Waals surface area contributed by atoms with E-state index in [4.69, 9.17) is 14.5 Å². The molecule has 0 spiro atoms. The number of ether oxygens (including phenoxy) is 2. The molecule has 7 heteroatoms. The van der Waals surface area contributed by atoms with Crippen LogP contribution in [0, 0.1) is 5.92 Å². The molecule has 0 N–H and O–H groups in total. The van der Waals surface area contributed by atoms with Gasteiger partial charge in [-0.25, -0.2) is 4.98 Å². The number of methoxy groups -OCH3 is 1. The van der Waals surface area contributed by atoms with Gasteiger partial charge >= 0.3 is 0 Å². The van der Waals surface area contributed by atoms with Gasteiger partial charge in [-0.3, -0.25) is 9.36 Å². The molecule has 0 atom stereocenters. The number of aromatic nitrogens is 2. The second-order valence-electron chi connectivity index (χ2n) is 8.67. The number of thiophene rings is 1. The second kappa shape index (κ2) is 8.36. The molecule has 0 unspecified atom stereocenters. The van der Waals surface area contributed by atoms with E-state index in [2.05, 4.69) is 27.7 Å². The van der Waals surface area contributed by atoms with Crippen LogP contribution >= 0.6 is 23.1 Å². The Balaban J connectivity index is 1.88. The van der Waals surface area contributed by atoms with Gasteiger partial charge in [0, 0.05) is 17.1 Å². The Morgan fingerprint density at radius 3 is 2.70 bits per heavy atom. The molecular formula is C23H28N2O3S2. The molecule has 1 aliphatic rings. The largest absolute Gasteiger partial charge is 0.497 e. The van der Waals surface area contributed by atoms with Crippen LogP contribution in [0.3, 0.4) is 0 Å². The minimum absolute atomic E-state index is 0.00686. The van der Waals surface area contributed by atoms with Crippen molar-refractivity contribution in [2.75, 3.05) is 12.9 Å². The minimum atomic E-state index is -0.275. The highest BCUT2D eigenvalue weighted by molar-refractivity contribution is 7.99. The maximum absolute atomic E-state index is 13.8. The van der Waals surface area contributed by atoms with Crippen LogP contribution in [0.25, 0.3) is 15.9 Å². The molecule has 1 aromatic carbocycles. The Morgan fingerprint density at radius 2 is 2.03 bits per heavy atom. The lowest BCUT2D eigenvalue weighted by molar-refractivity contribution is -0.0379. The highest BCUT2D eigenvalue weighted by Gasteiger charge is 2.31. The van der Waals surface area contributed by atoms with Crippen LogP contribution in [0.5, 0.6) is 5.75 Å². The van der Waals surface area contributed by atoms with Crippen molar-refractivity contribution in [1.29, 1.82) is 0 Å².